The van der Waals surface area contributed by atoms with E-state index in [0.29, 0.717) is 118 Å². The highest BCUT2D eigenvalue weighted by Crippen LogP contribution is 2.47. The maximum atomic E-state index is 12.4. The van der Waals surface area contributed by atoms with Crippen molar-refractivity contribution >= 4 is 166 Å². The van der Waals surface area contributed by atoms with E-state index in [1.807, 2.05) is 97.1 Å². The molecule has 4 atom stereocenters. The number of carbonyl (C=O) groups excluding carboxylic acids is 2. The van der Waals surface area contributed by atoms with Crippen LogP contribution in [0.1, 0.15) is 113 Å². The molecule has 9 aliphatic rings. The number of ether oxygens (including phenoxy) is 8. The van der Waals surface area contributed by atoms with Crippen molar-refractivity contribution in [3.8, 4) is 23.0 Å². The predicted octanol–water partition coefficient (Wildman–Crippen LogP) is 15.7. The van der Waals surface area contributed by atoms with E-state index in [2.05, 4.69) is 176 Å². The van der Waals surface area contributed by atoms with Crippen molar-refractivity contribution in [1.29, 1.82) is 0 Å². The number of methoxy groups -OCH3 is 4. The highest BCUT2D eigenvalue weighted by Gasteiger charge is 2.34. The SMILES string of the molecule is CNC(=O)c1ccccc1Nc1nc(Nc2ccc(N3CCOCC3)cc2OC)nc2c1[C@@H](C)CN2.CNC(=O)c1ccccc1Nc1nc(Nc2ccc(N3CCOCC3)cc2OC)nc2c1[C@H](C)CN2.COc1cc(N2CCOCC2)ccc1Nc1nc2c(c(Nc3ccccc3CNC3CC3)n1)[C@H](C)CN2.COc1cc(N2CCOCC2)ccc1Nc1nc2c(c(Nc3ccccc3N(C)S(C)(=O)=O)n1)[C@H](C)CN2. The summed E-state index contributed by atoms with van der Waals surface area (Å²) in [6, 6.07) is 55.4. The fourth-order valence-electron chi connectivity index (χ4n) is 18.7. The smallest absolute Gasteiger partial charge is 0.253 e. The summed E-state index contributed by atoms with van der Waals surface area (Å²) < 4.78 is 70.5. The first kappa shape index (κ1) is 102. The summed E-state index contributed by atoms with van der Waals surface area (Å²) in [6.07, 6.45) is 3.71. The second-order valence-electron chi connectivity index (χ2n) is 37.0. The van der Waals surface area contributed by atoms with Crippen LogP contribution in [0, 0.1) is 0 Å². The van der Waals surface area contributed by atoms with Gasteiger partial charge in [-0.15, -0.1) is 0 Å². The van der Waals surface area contributed by atoms with Crippen molar-refractivity contribution < 1.29 is 55.9 Å². The zero-order chi connectivity index (χ0) is 102. The Kier molecular flexibility index (Phi) is 32.3. The van der Waals surface area contributed by atoms with Crippen LogP contribution in [-0.2, 0) is 35.5 Å². The molecule has 0 bridgehead atoms. The van der Waals surface area contributed by atoms with Gasteiger partial charge in [0.15, 0.2) is 0 Å². The van der Waals surface area contributed by atoms with Gasteiger partial charge >= 0.3 is 0 Å². The molecule has 8 aliphatic heterocycles. The van der Waals surface area contributed by atoms with E-state index in [-0.39, 0.29) is 29.6 Å². The summed E-state index contributed by atoms with van der Waals surface area (Å²) >= 11 is 0. The van der Waals surface area contributed by atoms with Crippen LogP contribution in [0.15, 0.2) is 170 Å². The van der Waals surface area contributed by atoms with Gasteiger partial charge in [0.2, 0.25) is 33.8 Å². The Morgan fingerprint density at radius 2 is 0.646 bits per heavy atom. The fraction of sp³-hybridized carbons (Fsp3) is 0.377. The van der Waals surface area contributed by atoms with Gasteiger partial charge in [-0.3, -0.25) is 13.9 Å². The van der Waals surface area contributed by atoms with Crippen LogP contribution in [0.2, 0.25) is 0 Å². The van der Waals surface area contributed by atoms with E-state index in [0.717, 1.165) is 233 Å². The maximum Gasteiger partial charge on any atom is 0.253 e. The van der Waals surface area contributed by atoms with Crippen LogP contribution in [0.5, 0.6) is 23.0 Å². The number of hydrogen-bond acceptors (Lipinski definition) is 37. The number of carbonyl (C=O) groups is 2. The third-order valence-corrected chi connectivity index (χ3v) is 28.2. The fourth-order valence-corrected chi connectivity index (χ4v) is 19.2. The van der Waals surface area contributed by atoms with Crippen LogP contribution in [0.3, 0.4) is 0 Å². The summed E-state index contributed by atoms with van der Waals surface area (Å²) in [4.78, 5) is 72.3. The van der Waals surface area contributed by atoms with E-state index >= 15 is 0 Å². The highest BCUT2D eigenvalue weighted by molar-refractivity contribution is 7.92. The van der Waals surface area contributed by atoms with Crippen LogP contribution >= 0.6 is 0 Å². The Bertz CT molecular complexity index is 6610. The molecule has 1 saturated carbocycles. The lowest BCUT2D eigenvalue weighted by Crippen LogP contribution is -2.36. The molecule has 21 rings (SSSR count). The van der Waals surface area contributed by atoms with Crippen LogP contribution < -0.4 is 123 Å². The molecular formula is C106H130N28O12S. The van der Waals surface area contributed by atoms with E-state index in [1.54, 1.807) is 66.8 Å². The monoisotopic (exact) mass is 2020 g/mol. The molecule has 0 unspecified atom stereocenters. The number of sulfonamides is 1. The summed E-state index contributed by atoms with van der Waals surface area (Å²) in [6.45, 7) is 25.0. The molecular weight excluding hydrogens is 1890 g/mol. The van der Waals surface area contributed by atoms with Gasteiger partial charge in [-0.05, 0) is 109 Å². The number of rotatable bonds is 31. The molecule has 4 aromatic heterocycles. The Hall–Kier alpha value is -15.4. The van der Waals surface area contributed by atoms with E-state index in [9.17, 15) is 18.0 Å². The summed E-state index contributed by atoms with van der Waals surface area (Å²) in [5.74, 6) is 11.0. The molecule has 772 valence electrons. The van der Waals surface area contributed by atoms with Gasteiger partial charge in [0.05, 0.1) is 144 Å². The minimum absolute atomic E-state index is 0.168. The third kappa shape index (κ3) is 24.2. The largest absolute Gasteiger partial charge is 0.494 e. The molecule has 5 fully saturated rings. The van der Waals surface area contributed by atoms with Crippen LogP contribution in [-0.4, -0.2) is 253 Å². The molecule has 40 nitrogen and oxygen atoms in total. The number of amides is 2. The van der Waals surface area contributed by atoms with Crippen LogP contribution in [0.4, 0.5) is 144 Å². The van der Waals surface area contributed by atoms with Gasteiger partial charge < -0.3 is 137 Å². The first-order valence-corrected chi connectivity index (χ1v) is 51.7. The second-order valence-corrected chi connectivity index (χ2v) is 39.0. The van der Waals surface area contributed by atoms with Crippen molar-refractivity contribution in [2.45, 2.75) is 76.8 Å². The van der Waals surface area contributed by atoms with Crippen molar-refractivity contribution in [3.05, 3.63) is 209 Å². The molecule has 0 spiro atoms. The first-order chi connectivity index (χ1) is 71.5. The average molecular weight is 2020 g/mol. The molecule has 1 aliphatic carbocycles. The number of morpholine rings is 4. The average Bonchev–Trinajstić information content (AvgIpc) is 1.67. The zero-order valence-corrected chi connectivity index (χ0v) is 85.8. The Balaban J connectivity index is 0.000000128. The summed E-state index contributed by atoms with van der Waals surface area (Å²) in [5, 5.41) is 49.7. The number of hydrogen-bond donors (Lipinski definition) is 15. The van der Waals surface area contributed by atoms with Crippen LogP contribution in [0.25, 0.3) is 0 Å². The first-order valence-electron chi connectivity index (χ1n) is 49.8. The second kappa shape index (κ2) is 46.7. The number of aromatic nitrogens is 8. The molecule has 15 N–H and O–H groups in total. The molecule has 12 aromatic rings. The molecule has 147 heavy (non-hydrogen) atoms. The molecule has 4 saturated heterocycles. The number of para-hydroxylation sites is 5. The lowest BCUT2D eigenvalue weighted by Gasteiger charge is -2.29. The van der Waals surface area contributed by atoms with Gasteiger partial charge in [0.25, 0.3) is 11.8 Å². The topological polar surface area (TPSA) is 442 Å². The third-order valence-electron chi connectivity index (χ3n) is 27.0. The minimum Gasteiger partial charge on any atom is -0.494 e. The standard InChI is InChI=1S/C28H35N7O2.C26H33N7O4S.2C26H31N7O3/c1-18-16-30-26-25(18)27(31-22-6-4-3-5-19(22)17-29-20-7-8-20)34-28(33-26)32-23-10-9-21(15-24(23)36-2)35-11-13-37-14-12-35;1-17-16-27-24-23(17)25(28-19-7-5-6-8-21(19)32(2)38(4,34)35)31-26(30-24)29-20-10-9-18(15-22(20)36-3)33-11-13-37-14-12-33;2*1-16-15-28-23-22(16)24(29-19-7-5-4-6-18(19)25(34)27-2)32-26(31-23)30-20-9-8-17(14-21(20)35-3)33-10-12-36-13-11-33/h3-6,9-10,15,18,20,29H,7-8,11-14,16-17H2,1-2H3,(H3,30,31,32,33,34);5-10,15,17H,11-14,16H2,1-4H3,(H3,27,28,29,30,31);2*4-9,14,16H,10-13,15H2,1-3H3,(H,27,34)(H3,28,29,30,31,32)/t18-;17-;2*16-/m1110/s1. The number of nitrogens with zero attached hydrogens (tertiary/aromatic N) is 13. The summed E-state index contributed by atoms with van der Waals surface area (Å²) in [7, 11) is 7.95. The van der Waals surface area contributed by atoms with Gasteiger partial charge in [0, 0.05) is 211 Å². The van der Waals surface area contributed by atoms with Crippen molar-refractivity contribution in [1.82, 2.24) is 55.8 Å². The van der Waals surface area contributed by atoms with Crippen molar-refractivity contribution in [2.75, 3.05) is 275 Å². The normalized spacial score (nSPS) is 17.3. The minimum atomic E-state index is -3.45. The van der Waals surface area contributed by atoms with Gasteiger partial charge in [-0.25, -0.2) is 8.42 Å². The van der Waals surface area contributed by atoms with Gasteiger partial charge in [-0.1, -0.05) is 82.3 Å². The Morgan fingerprint density at radius 3 is 0.946 bits per heavy atom. The van der Waals surface area contributed by atoms with E-state index < -0.39 is 10.0 Å². The van der Waals surface area contributed by atoms with E-state index in [4.69, 9.17) is 77.8 Å². The van der Waals surface area contributed by atoms with Gasteiger partial charge in [-0.2, -0.15) is 39.9 Å². The number of fused-ring (bicyclic) bond motifs is 4. The van der Waals surface area contributed by atoms with Gasteiger partial charge in [0.1, 0.15) is 69.5 Å². The quantitative estimate of drug-likeness (QED) is 0.0192. The number of nitrogens with one attached hydrogen (secondary N) is 15. The Morgan fingerprint density at radius 1 is 0.367 bits per heavy atom. The highest BCUT2D eigenvalue weighted by atomic mass is 32.2. The molecule has 12 heterocycles. The molecule has 0 radical (unpaired) electrons. The number of anilines is 25. The lowest BCUT2D eigenvalue weighted by atomic mass is 10.1. The predicted molar refractivity (Wildman–Crippen MR) is 582 cm³/mol. The molecule has 2 amide bonds. The van der Waals surface area contributed by atoms with E-state index in [1.165, 1.54) is 36.0 Å². The summed E-state index contributed by atoms with van der Waals surface area (Å²) in [5.41, 5.74) is 17.4. The molecule has 41 heteroatoms. The Labute approximate surface area is 856 Å². The lowest BCUT2D eigenvalue weighted by molar-refractivity contribution is 0.0956. The molecule has 8 aromatic carbocycles. The van der Waals surface area contributed by atoms with Crippen molar-refractivity contribution in [2.24, 2.45) is 0 Å². The maximum absolute atomic E-state index is 12.4. The van der Waals surface area contributed by atoms with Crippen molar-refractivity contribution in [3.63, 3.8) is 0 Å². The zero-order valence-electron chi connectivity index (χ0n) is 84.9. The number of benzene rings is 8.